The number of ether oxygens (including phenoxy) is 6. The summed E-state index contributed by atoms with van der Waals surface area (Å²) in [5.74, 6) is 4.57. The van der Waals surface area contributed by atoms with Crippen molar-refractivity contribution in [2.75, 3.05) is 62.2 Å². The summed E-state index contributed by atoms with van der Waals surface area (Å²) < 4.78 is 38.6. The number of carboxylic acids is 1. The smallest absolute Gasteiger partial charge is 0.303 e. The van der Waals surface area contributed by atoms with Crippen LogP contribution in [-0.2, 0) is 30.5 Å². The summed E-state index contributed by atoms with van der Waals surface area (Å²) in [5.41, 5.74) is 7.12. The van der Waals surface area contributed by atoms with Crippen LogP contribution >= 0.6 is 0 Å². The largest absolute Gasteiger partial charge is 0.493 e. The Morgan fingerprint density at radius 2 is 1.46 bits per heavy atom. The molecule has 0 fully saturated rings. The van der Waals surface area contributed by atoms with Gasteiger partial charge in [0.05, 0.1) is 48.6 Å². The molecule has 8 rings (SSSR count). The molecule has 0 radical (unpaired) electrons. The molecule has 4 heterocycles. The summed E-state index contributed by atoms with van der Waals surface area (Å²) in [7, 11) is 11.3. The van der Waals surface area contributed by atoms with E-state index in [0.717, 1.165) is 92.4 Å². The Morgan fingerprint density at radius 1 is 0.768 bits per heavy atom. The number of benzene rings is 4. The Labute approximate surface area is 331 Å². The molecule has 4 aliphatic rings. The number of hydrogen-bond donors (Lipinski definition) is 1. The number of rotatable bonds is 12. The van der Waals surface area contributed by atoms with Crippen LogP contribution in [0.4, 0.5) is 0 Å². The molecule has 1 N–H and O–H groups in total. The first-order valence-electron chi connectivity index (χ1n) is 20.0. The Balaban J connectivity index is 1.36. The second kappa shape index (κ2) is 17.1. The molecule has 0 aliphatic carbocycles. The molecule has 0 aromatic heterocycles. The van der Waals surface area contributed by atoms with Gasteiger partial charge in [-0.3, -0.25) is 9.69 Å². The van der Waals surface area contributed by atoms with Crippen molar-refractivity contribution in [1.29, 1.82) is 0 Å². The fourth-order valence-electron chi connectivity index (χ4n) is 9.06. The minimum absolute atomic E-state index is 0.0339. The van der Waals surface area contributed by atoms with Crippen molar-refractivity contribution in [3.8, 4) is 46.0 Å². The van der Waals surface area contributed by atoms with Gasteiger partial charge in [-0.15, -0.1) is 0 Å². The third-order valence-corrected chi connectivity index (χ3v) is 12.3. The first-order valence-corrected chi connectivity index (χ1v) is 20.0. The van der Waals surface area contributed by atoms with Crippen molar-refractivity contribution in [3.63, 3.8) is 0 Å². The number of fused-ring (bicyclic) bond motifs is 2. The zero-order valence-electron chi connectivity index (χ0n) is 33.8. The molecule has 3 atom stereocenters. The van der Waals surface area contributed by atoms with Gasteiger partial charge in [-0.05, 0) is 104 Å². The van der Waals surface area contributed by atoms with Gasteiger partial charge in [0.2, 0.25) is 5.75 Å². The summed E-state index contributed by atoms with van der Waals surface area (Å²) in [6, 6.07) is 21.3. The molecular weight excluding hydrogens is 709 g/mol. The molecule has 4 aromatic carbocycles. The number of hydrogen-bond acceptors (Lipinski definition) is 8. The lowest BCUT2D eigenvalue weighted by Crippen LogP contribution is -2.52. The Hall–Kier alpha value is -4.93. The quantitative estimate of drug-likeness (QED) is 0.112. The minimum atomic E-state index is -0.716. The highest BCUT2D eigenvalue weighted by Gasteiger charge is 2.40. The highest BCUT2D eigenvalue weighted by atomic mass is 16.5. The van der Waals surface area contributed by atoms with Crippen LogP contribution in [0, 0.1) is 0 Å². The zero-order chi connectivity index (χ0) is 39.4. The van der Waals surface area contributed by atoms with E-state index in [-0.39, 0.29) is 18.5 Å². The molecule has 10 nitrogen and oxygen atoms in total. The molecule has 4 aliphatic heterocycles. The highest BCUT2D eigenvalue weighted by Crippen LogP contribution is 2.52. The molecule has 10 heteroatoms. The number of aliphatic carboxylic acids is 1. The number of unbranched alkanes of at least 4 members (excludes halogenated alkanes) is 4. The van der Waals surface area contributed by atoms with E-state index in [1.807, 2.05) is 6.07 Å². The summed E-state index contributed by atoms with van der Waals surface area (Å²) in [4.78, 5) is 13.4. The lowest BCUT2D eigenvalue weighted by Gasteiger charge is -2.46. The van der Waals surface area contributed by atoms with Crippen LogP contribution in [0.15, 0.2) is 60.7 Å². The van der Waals surface area contributed by atoms with Crippen LogP contribution in [0.1, 0.15) is 84.0 Å². The van der Waals surface area contributed by atoms with Gasteiger partial charge in [-0.2, -0.15) is 0 Å². The van der Waals surface area contributed by atoms with Gasteiger partial charge in [0.25, 0.3) is 0 Å². The molecule has 0 amide bonds. The monoisotopic (exact) mass is 765 g/mol. The van der Waals surface area contributed by atoms with E-state index in [1.54, 1.807) is 28.4 Å². The normalized spacial score (nSPS) is 20.1. The minimum Gasteiger partial charge on any atom is -0.493 e. The average molecular weight is 766 g/mol. The maximum atomic E-state index is 11.0. The van der Waals surface area contributed by atoms with Crippen molar-refractivity contribution in [2.45, 2.75) is 76.3 Å². The van der Waals surface area contributed by atoms with E-state index in [2.05, 4.69) is 73.6 Å². The van der Waals surface area contributed by atoms with Gasteiger partial charge in [0.1, 0.15) is 11.8 Å². The SMILES string of the molecule is COc1ccc2cc1Oc1ccc(cc1)CC1c3cc(c(OC)cc3CC[N+]1(C)CCCCCCCC(=O)O)Oc1c(OC)c(OC)cc3c1C(C2)N(C)CC3. The van der Waals surface area contributed by atoms with E-state index >= 15 is 0 Å². The number of nitrogens with zero attached hydrogens (tertiary/aromatic N) is 2. The topological polar surface area (TPSA) is 95.9 Å². The third-order valence-electron chi connectivity index (χ3n) is 12.3. The van der Waals surface area contributed by atoms with Gasteiger partial charge < -0.3 is 38.0 Å². The Morgan fingerprint density at radius 3 is 2.20 bits per heavy atom. The van der Waals surface area contributed by atoms with Crippen LogP contribution in [0.5, 0.6) is 46.0 Å². The number of carbonyl (C=O) groups is 1. The molecule has 298 valence electrons. The maximum Gasteiger partial charge on any atom is 0.303 e. The van der Waals surface area contributed by atoms with Crippen molar-refractivity contribution in [3.05, 3.63) is 94.0 Å². The number of carboxylic acid groups (broad SMARTS) is 1. The first kappa shape index (κ1) is 39.3. The van der Waals surface area contributed by atoms with Crippen LogP contribution in [-0.4, -0.2) is 82.6 Å². The number of methoxy groups -OCH3 is 4. The second-order valence-electron chi connectivity index (χ2n) is 15.8. The van der Waals surface area contributed by atoms with E-state index in [1.165, 1.54) is 22.3 Å². The predicted molar refractivity (Wildman–Crippen MR) is 216 cm³/mol. The molecule has 0 spiro atoms. The number of likely N-dealkylation sites (N-methyl/N-ethyl adjacent to an activating group) is 2. The van der Waals surface area contributed by atoms with Crippen molar-refractivity contribution >= 4 is 5.97 Å². The predicted octanol–water partition coefficient (Wildman–Crippen LogP) is 9.10. The summed E-state index contributed by atoms with van der Waals surface area (Å²) in [5, 5.41) is 9.07. The average Bonchev–Trinajstić information content (AvgIpc) is 3.19. The number of quaternary nitrogens is 1. The van der Waals surface area contributed by atoms with E-state index in [9.17, 15) is 4.79 Å². The van der Waals surface area contributed by atoms with E-state index in [4.69, 9.17) is 33.5 Å². The van der Waals surface area contributed by atoms with Gasteiger partial charge in [0, 0.05) is 43.0 Å². The Kier molecular flexibility index (Phi) is 12.0. The molecule has 56 heavy (non-hydrogen) atoms. The maximum absolute atomic E-state index is 11.0. The summed E-state index contributed by atoms with van der Waals surface area (Å²) in [6.07, 6.45) is 8.42. The first-order chi connectivity index (χ1) is 27.1. The molecule has 3 unspecified atom stereocenters. The molecule has 0 saturated carbocycles. The van der Waals surface area contributed by atoms with Crippen molar-refractivity contribution in [2.24, 2.45) is 0 Å². The van der Waals surface area contributed by atoms with E-state index in [0.29, 0.717) is 46.7 Å². The summed E-state index contributed by atoms with van der Waals surface area (Å²) >= 11 is 0. The van der Waals surface area contributed by atoms with Crippen molar-refractivity contribution in [1.82, 2.24) is 4.90 Å². The van der Waals surface area contributed by atoms with Crippen molar-refractivity contribution < 1.29 is 42.8 Å². The lowest BCUT2D eigenvalue weighted by atomic mass is 9.85. The zero-order valence-corrected chi connectivity index (χ0v) is 33.8. The summed E-state index contributed by atoms with van der Waals surface area (Å²) in [6.45, 7) is 2.90. The van der Waals surface area contributed by atoms with Gasteiger partial charge in [0.15, 0.2) is 34.5 Å². The highest BCUT2D eigenvalue weighted by molar-refractivity contribution is 5.66. The van der Waals surface area contributed by atoms with Gasteiger partial charge in [-0.1, -0.05) is 31.0 Å². The molecular formula is C46H57N2O8+. The van der Waals surface area contributed by atoms with Crippen LogP contribution in [0.3, 0.4) is 0 Å². The van der Waals surface area contributed by atoms with Crippen LogP contribution in [0.2, 0.25) is 0 Å². The molecule has 4 aromatic rings. The lowest BCUT2D eigenvalue weighted by molar-refractivity contribution is -0.941. The molecule has 0 saturated heterocycles. The standard InChI is InChI=1S/C46H56N2O8/c1-47-21-19-33-28-42(53-5)45(54-6)46-44(33)36(47)24-31-15-18-38(51-3)40(26-31)55-34-16-13-30(14-17-34)25-37-35-29-41(56-46)39(52-4)27-32(35)20-23-48(37,2)22-11-9-7-8-10-12-43(49)50/h13-18,26-29,36-37H,7-12,19-25H2,1-6H3/p+1. The third kappa shape index (κ3) is 8.13. The second-order valence-corrected chi connectivity index (χ2v) is 15.8. The fourth-order valence-corrected chi connectivity index (χ4v) is 9.06. The Bertz CT molecular complexity index is 2030. The fraction of sp³-hybridized carbons (Fsp3) is 0.457. The van der Waals surface area contributed by atoms with Crippen LogP contribution < -0.4 is 28.4 Å². The van der Waals surface area contributed by atoms with E-state index < -0.39 is 5.97 Å². The molecule has 6 bridgehead atoms. The van der Waals surface area contributed by atoms with Crippen LogP contribution in [0.25, 0.3) is 0 Å². The van der Waals surface area contributed by atoms with Gasteiger partial charge in [-0.25, -0.2) is 0 Å². The van der Waals surface area contributed by atoms with Gasteiger partial charge >= 0.3 is 5.97 Å².